The first kappa shape index (κ1) is 53.4. The maximum Gasteiger partial charge on any atom is 0.320 e. The van der Waals surface area contributed by atoms with Crippen molar-refractivity contribution in [2.75, 3.05) is 20.8 Å². The lowest BCUT2D eigenvalue weighted by molar-refractivity contribution is 0.216. The van der Waals surface area contributed by atoms with Gasteiger partial charge in [-0.2, -0.15) is 0 Å². The zero-order chi connectivity index (χ0) is 53.1. The third kappa shape index (κ3) is 10.1. The maximum atomic E-state index is 7.85. The fourth-order valence-electron chi connectivity index (χ4n) is 12.3. The molecule has 2 atom stereocenters. The molecule has 1 aliphatic carbocycles. The highest BCUT2D eigenvalue weighted by Gasteiger charge is 2.55. The molecule has 0 saturated heterocycles. The third-order valence-electron chi connectivity index (χ3n) is 15.8. The first-order chi connectivity index (χ1) is 36.0. The molecule has 1 aliphatic rings. The lowest BCUT2D eigenvalue weighted by atomic mass is 9.74. The molecule has 75 heavy (non-hydrogen) atoms. The zero-order valence-corrected chi connectivity index (χ0v) is 49.0. The summed E-state index contributed by atoms with van der Waals surface area (Å²) in [5, 5.41) is 6.75. The van der Waals surface area contributed by atoms with Crippen molar-refractivity contribution < 1.29 is 22.8 Å². The van der Waals surface area contributed by atoms with Gasteiger partial charge in [0.05, 0.1) is 14.2 Å². The molecule has 0 bridgehead atoms. The Morgan fingerprint density at radius 2 is 0.733 bits per heavy atom. The average molecular weight is 1050 g/mol. The van der Waals surface area contributed by atoms with Gasteiger partial charge >= 0.3 is 16.6 Å². The van der Waals surface area contributed by atoms with Crippen molar-refractivity contribution in [1.29, 1.82) is 0 Å². The summed E-state index contributed by atoms with van der Waals surface area (Å²) in [6.07, 6.45) is 1.68. The fraction of sp³-hybridized carbons (Fsp3) is 0.284. The second-order valence-corrected chi connectivity index (χ2v) is 36.2. The van der Waals surface area contributed by atoms with Gasteiger partial charge in [0.15, 0.2) is 11.5 Å². The summed E-state index contributed by atoms with van der Waals surface area (Å²) in [5.74, 6) is 3.09. The molecule has 0 fully saturated rings. The molecule has 5 nitrogen and oxygen atoms in total. The van der Waals surface area contributed by atoms with E-state index in [0.717, 1.165) is 35.7 Å². The predicted octanol–water partition coefficient (Wildman–Crippen LogP) is 12.9. The fourth-order valence-corrected chi connectivity index (χ4v) is 25.8. The van der Waals surface area contributed by atoms with Crippen molar-refractivity contribution in [2.45, 2.75) is 96.2 Å². The number of methoxy groups -OCH3 is 2. The highest BCUT2D eigenvalue weighted by atomic mass is 28.4. The SMILES string of the molecule is COc1cc(C2C[C@@H](CO[Si](c3ccccc3)(c3ccccc3)C(C)(C)C)Cc3cc(OC)c(O[Si](c4ccccc4)(c4ccccc4)C(C)(C)C)cc32)ccc1O[Si](c1ccccc1)(c1ccccc1)C(C)(C)C. The normalized spacial score (nSPS) is 15.4. The van der Waals surface area contributed by atoms with E-state index in [2.05, 4.69) is 275 Å². The van der Waals surface area contributed by atoms with E-state index in [9.17, 15) is 0 Å². The average Bonchev–Trinajstić information content (AvgIpc) is 3.42. The van der Waals surface area contributed by atoms with Crippen LogP contribution in [0.15, 0.2) is 212 Å². The minimum absolute atomic E-state index is 0.0373. The highest BCUT2D eigenvalue weighted by Crippen LogP contribution is 2.49. The molecule has 0 amide bonds. The first-order valence-electron chi connectivity index (χ1n) is 26.7. The topological polar surface area (TPSA) is 46.2 Å². The van der Waals surface area contributed by atoms with E-state index >= 15 is 0 Å². The van der Waals surface area contributed by atoms with E-state index in [1.165, 1.54) is 42.2 Å². The Labute approximate surface area is 451 Å². The van der Waals surface area contributed by atoms with Crippen molar-refractivity contribution in [3.63, 3.8) is 0 Å². The Morgan fingerprint density at radius 3 is 1.09 bits per heavy atom. The molecule has 0 saturated carbocycles. The first-order valence-corrected chi connectivity index (χ1v) is 32.4. The van der Waals surface area contributed by atoms with Gasteiger partial charge in [0.25, 0.3) is 8.32 Å². The van der Waals surface area contributed by atoms with Crippen molar-refractivity contribution in [3.05, 3.63) is 229 Å². The quantitative estimate of drug-likeness (QED) is 0.0903. The number of fused-ring (bicyclic) bond motifs is 1. The number of rotatable bonds is 16. The number of benzene rings is 8. The molecule has 0 aromatic heterocycles. The van der Waals surface area contributed by atoms with Crippen molar-refractivity contribution >= 4 is 56.1 Å². The van der Waals surface area contributed by atoms with Crippen LogP contribution in [0.4, 0.5) is 0 Å². The summed E-state index contributed by atoms with van der Waals surface area (Å²) in [4.78, 5) is 0. The van der Waals surface area contributed by atoms with Crippen LogP contribution in [0.3, 0.4) is 0 Å². The monoisotopic (exact) mass is 1040 g/mol. The summed E-state index contributed by atoms with van der Waals surface area (Å²) in [7, 11) is -5.36. The minimum atomic E-state index is -3.06. The van der Waals surface area contributed by atoms with E-state index in [4.69, 9.17) is 22.8 Å². The van der Waals surface area contributed by atoms with E-state index in [1.54, 1.807) is 14.2 Å². The van der Waals surface area contributed by atoms with Gasteiger partial charge in [0.1, 0.15) is 11.5 Å². The Kier molecular flexibility index (Phi) is 15.4. The number of hydrogen-bond acceptors (Lipinski definition) is 5. The second kappa shape index (κ2) is 21.7. The van der Waals surface area contributed by atoms with Gasteiger partial charge in [-0.25, -0.2) is 0 Å². The van der Waals surface area contributed by atoms with Gasteiger partial charge in [-0.05, 0) is 106 Å². The van der Waals surface area contributed by atoms with E-state index in [-0.39, 0.29) is 27.0 Å². The standard InChI is InChI=1S/C67H76O5Si3/c1-65(2,3)73(53-30-18-12-19-31-53,54-32-20-13-21-33-54)70-49-50-44-52-47-63(69-11)64(72-75(67(7,8)9,57-38-26-16-27-39-57)58-40-28-17-29-41-58)48-60(52)59(45-50)51-42-43-61(62(46-51)68-10)71-74(66(4,5)6,55-34-22-14-23-35-55)56-36-24-15-25-37-56/h12-43,46-48,50,59H,44-45,49H2,1-11H3/t50-,59?/m0/s1. The van der Waals surface area contributed by atoms with Gasteiger partial charge in [0, 0.05) is 12.5 Å². The van der Waals surface area contributed by atoms with E-state index in [1.807, 2.05) is 0 Å². The summed E-state index contributed by atoms with van der Waals surface area (Å²) >= 11 is 0. The van der Waals surface area contributed by atoms with Crippen LogP contribution < -0.4 is 49.4 Å². The highest BCUT2D eigenvalue weighted by molar-refractivity contribution is 7.01. The van der Waals surface area contributed by atoms with Crippen LogP contribution in [0.2, 0.25) is 15.1 Å². The van der Waals surface area contributed by atoms with E-state index in [0.29, 0.717) is 12.4 Å². The molecule has 0 aliphatic heterocycles. The van der Waals surface area contributed by atoms with Crippen LogP contribution in [0.1, 0.15) is 91.3 Å². The van der Waals surface area contributed by atoms with Gasteiger partial charge in [0.2, 0.25) is 0 Å². The Bertz CT molecular complexity index is 3010. The molecule has 8 aromatic rings. The van der Waals surface area contributed by atoms with Crippen LogP contribution in [0.5, 0.6) is 23.0 Å². The van der Waals surface area contributed by atoms with E-state index < -0.39 is 25.0 Å². The molecule has 1 unspecified atom stereocenters. The molecule has 8 heteroatoms. The molecule has 0 radical (unpaired) electrons. The second-order valence-electron chi connectivity index (χ2n) is 23.5. The Morgan fingerprint density at radius 1 is 0.387 bits per heavy atom. The van der Waals surface area contributed by atoms with Crippen molar-refractivity contribution in [3.8, 4) is 23.0 Å². The zero-order valence-electron chi connectivity index (χ0n) is 46.0. The molecule has 0 spiro atoms. The van der Waals surface area contributed by atoms with Crippen LogP contribution in [0, 0.1) is 5.92 Å². The van der Waals surface area contributed by atoms with Crippen LogP contribution >= 0.6 is 0 Å². The van der Waals surface area contributed by atoms with Gasteiger partial charge in [-0.3, -0.25) is 0 Å². The van der Waals surface area contributed by atoms with Crippen molar-refractivity contribution in [2.24, 2.45) is 5.92 Å². The lowest BCUT2D eigenvalue weighted by Gasteiger charge is -2.45. The third-order valence-corrected chi connectivity index (χ3v) is 30.6. The lowest BCUT2D eigenvalue weighted by Crippen LogP contribution is -2.68. The molecule has 0 N–H and O–H groups in total. The summed E-state index contributed by atoms with van der Waals surface area (Å²) in [6.45, 7) is 21.6. The molecule has 8 aromatic carbocycles. The van der Waals surface area contributed by atoms with Crippen LogP contribution in [-0.2, 0) is 10.8 Å². The molecule has 9 rings (SSSR count). The maximum absolute atomic E-state index is 7.85. The summed E-state index contributed by atoms with van der Waals surface area (Å²) in [5.41, 5.74) is 3.62. The minimum Gasteiger partial charge on any atom is -0.531 e. The Hall–Kier alpha value is -6.43. The van der Waals surface area contributed by atoms with Crippen molar-refractivity contribution in [1.82, 2.24) is 0 Å². The largest absolute Gasteiger partial charge is 0.531 e. The molecule has 386 valence electrons. The number of ether oxygens (including phenoxy) is 2. The number of hydrogen-bond donors (Lipinski definition) is 0. The van der Waals surface area contributed by atoms with Crippen LogP contribution in [-0.4, -0.2) is 45.8 Å². The van der Waals surface area contributed by atoms with Gasteiger partial charge < -0.3 is 22.8 Å². The smallest absolute Gasteiger partial charge is 0.320 e. The molecular formula is C67H76O5Si3. The van der Waals surface area contributed by atoms with Crippen LogP contribution in [0.25, 0.3) is 0 Å². The molecule has 0 heterocycles. The molecular weight excluding hydrogens is 969 g/mol. The predicted molar refractivity (Wildman–Crippen MR) is 320 cm³/mol. The van der Waals surface area contributed by atoms with Gasteiger partial charge in [-0.15, -0.1) is 0 Å². The Balaban J connectivity index is 1.20. The van der Waals surface area contributed by atoms with Gasteiger partial charge in [-0.1, -0.05) is 250 Å². The summed E-state index contributed by atoms with van der Waals surface area (Å²) in [6, 6.07) is 76.6. The summed E-state index contributed by atoms with van der Waals surface area (Å²) < 4.78 is 36.2.